The van der Waals surface area contributed by atoms with Gasteiger partial charge in [0.1, 0.15) is 23.0 Å². The number of rotatable bonds is 2. The Morgan fingerprint density at radius 3 is 2.45 bits per heavy atom. The summed E-state index contributed by atoms with van der Waals surface area (Å²) in [6.07, 6.45) is 0.220. The predicted molar refractivity (Wildman–Crippen MR) is 53.6 cm³/mol. The molecule has 1 heterocycles. The molecular formula is C7H15IN2O. The van der Waals surface area contributed by atoms with Crippen LogP contribution in [0.25, 0.3) is 0 Å². The third-order valence-corrected chi connectivity index (χ3v) is 2.84. The van der Waals surface area contributed by atoms with Crippen LogP contribution in [0.5, 0.6) is 0 Å². The third kappa shape index (κ3) is 2.27. The predicted octanol–water partition coefficient (Wildman–Crippen LogP) is 0.773. The fourth-order valence-electron chi connectivity index (χ4n) is 1.35. The van der Waals surface area contributed by atoms with Crippen molar-refractivity contribution in [3.05, 3.63) is 0 Å². The van der Waals surface area contributed by atoms with Crippen LogP contribution in [0.1, 0.15) is 13.8 Å². The number of hydrogen-bond acceptors (Lipinski definition) is 3. The maximum absolute atomic E-state index is 5.85. The third-order valence-electron chi connectivity index (χ3n) is 2.18. The van der Waals surface area contributed by atoms with E-state index in [9.17, 15) is 0 Å². The first-order chi connectivity index (χ1) is 5.15. The van der Waals surface area contributed by atoms with E-state index in [1.807, 2.05) is 23.0 Å². The van der Waals surface area contributed by atoms with Crippen LogP contribution >= 0.6 is 23.0 Å². The van der Waals surface area contributed by atoms with Gasteiger partial charge in [-0.25, -0.2) is 0 Å². The highest BCUT2D eigenvalue weighted by molar-refractivity contribution is 14.1. The van der Waals surface area contributed by atoms with Crippen molar-refractivity contribution in [1.82, 2.24) is 4.90 Å². The molecule has 0 aromatic carbocycles. The molecule has 3 nitrogen and oxygen atoms in total. The van der Waals surface area contributed by atoms with E-state index in [0.717, 1.165) is 13.1 Å². The van der Waals surface area contributed by atoms with Gasteiger partial charge in [-0.05, 0) is 13.8 Å². The molecule has 1 fully saturated rings. The molecule has 0 aliphatic carbocycles. The minimum Gasteiger partial charge on any atom is -0.324 e. The van der Waals surface area contributed by atoms with Crippen LogP contribution in [0.15, 0.2) is 0 Å². The van der Waals surface area contributed by atoms with Gasteiger partial charge in [0.25, 0.3) is 0 Å². The largest absolute Gasteiger partial charge is 0.324 e. The smallest absolute Gasteiger partial charge is 0.110 e. The van der Waals surface area contributed by atoms with Crippen LogP contribution in [0.4, 0.5) is 0 Å². The zero-order valence-corrected chi connectivity index (χ0v) is 9.11. The summed E-state index contributed by atoms with van der Waals surface area (Å²) >= 11 is 1.93. The van der Waals surface area contributed by atoms with Crippen molar-refractivity contribution < 1.29 is 3.07 Å². The molecule has 0 spiro atoms. The van der Waals surface area contributed by atoms with Crippen LogP contribution in [-0.4, -0.2) is 36.2 Å². The molecule has 1 rings (SSSR count). The lowest BCUT2D eigenvalue weighted by Crippen LogP contribution is -2.33. The SMILES string of the molecule is CC(C)N1CC(N)C(OI)C1. The lowest BCUT2D eigenvalue weighted by Gasteiger charge is -2.19. The number of halogens is 1. The first-order valence-electron chi connectivity index (χ1n) is 3.92. The summed E-state index contributed by atoms with van der Waals surface area (Å²) in [5.41, 5.74) is 5.85. The Balaban J connectivity index is 2.43. The van der Waals surface area contributed by atoms with Gasteiger partial charge in [-0.1, -0.05) is 0 Å². The van der Waals surface area contributed by atoms with Crippen molar-refractivity contribution in [2.75, 3.05) is 13.1 Å². The molecule has 2 atom stereocenters. The molecule has 0 aromatic heterocycles. The minimum atomic E-state index is 0.189. The van der Waals surface area contributed by atoms with E-state index in [2.05, 4.69) is 18.7 Å². The van der Waals surface area contributed by atoms with Gasteiger partial charge in [0.15, 0.2) is 0 Å². The van der Waals surface area contributed by atoms with Crippen LogP contribution < -0.4 is 5.73 Å². The molecule has 0 amide bonds. The van der Waals surface area contributed by atoms with E-state index < -0.39 is 0 Å². The van der Waals surface area contributed by atoms with Gasteiger partial charge in [0.05, 0.1) is 6.10 Å². The molecular weight excluding hydrogens is 255 g/mol. The standard InChI is InChI=1S/C7H15IN2O/c1-5(2)10-3-6(9)7(4-10)11-8/h5-7H,3-4,9H2,1-2H3. The molecule has 66 valence electrons. The van der Waals surface area contributed by atoms with Crippen molar-refractivity contribution in [1.29, 1.82) is 0 Å². The van der Waals surface area contributed by atoms with E-state index in [-0.39, 0.29) is 12.1 Å². The Kier molecular flexibility index (Phi) is 3.54. The summed E-state index contributed by atoms with van der Waals surface area (Å²) in [7, 11) is 0. The van der Waals surface area contributed by atoms with Gasteiger partial charge in [-0.2, -0.15) is 0 Å². The van der Waals surface area contributed by atoms with Crippen LogP contribution in [0.2, 0.25) is 0 Å². The fourth-order valence-corrected chi connectivity index (χ4v) is 1.88. The second-order valence-corrected chi connectivity index (χ2v) is 3.85. The summed E-state index contributed by atoms with van der Waals surface area (Å²) in [6.45, 7) is 6.30. The lowest BCUT2D eigenvalue weighted by atomic mass is 10.2. The molecule has 2 unspecified atom stereocenters. The molecule has 0 radical (unpaired) electrons. The average molecular weight is 270 g/mol. The highest BCUT2D eigenvalue weighted by Gasteiger charge is 2.31. The molecule has 0 aromatic rings. The monoisotopic (exact) mass is 270 g/mol. The summed E-state index contributed by atoms with van der Waals surface area (Å²) in [5, 5.41) is 0. The molecule has 4 heteroatoms. The van der Waals surface area contributed by atoms with Crippen molar-refractivity contribution in [3.63, 3.8) is 0 Å². The maximum atomic E-state index is 5.85. The van der Waals surface area contributed by atoms with Crippen molar-refractivity contribution >= 4 is 23.0 Å². The second kappa shape index (κ2) is 4.02. The zero-order valence-electron chi connectivity index (χ0n) is 6.96. The van der Waals surface area contributed by atoms with Gasteiger partial charge in [-0.3, -0.25) is 4.90 Å². The molecule has 2 N–H and O–H groups in total. The van der Waals surface area contributed by atoms with E-state index >= 15 is 0 Å². The second-order valence-electron chi connectivity index (χ2n) is 3.34. The average Bonchev–Trinajstić information content (AvgIpc) is 2.31. The van der Waals surface area contributed by atoms with Crippen molar-refractivity contribution in [2.24, 2.45) is 5.73 Å². The van der Waals surface area contributed by atoms with E-state index in [1.54, 1.807) is 0 Å². The van der Waals surface area contributed by atoms with Gasteiger partial charge < -0.3 is 8.80 Å². The van der Waals surface area contributed by atoms with Gasteiger partial charge >= 0.3 is 0 Å². The Bertz CT molecular complexity index is 132. The molecule has 1 aliphatic rings. The minimum absolute atomic E-state index is 0.189. The number of nitrogens with two attached hydrogens (primary N) is 1. The summed E-state index contributed by atoms with van der Waals surface area (Å²) < 4.78 is 5.21. The van der Waals surface area contributed by atoms with Crippen LogP contribution in [-0.2, 0) is 3.07 Å². The van der Waals surface area contributed by atoms with Gasteiger partial charge in [-0.15, -0.1) is 0 Å². The Labute approximate surface area is 81.9 Å². The first kappa shape index (κ1) is 9.70. The quantitative estimate of drug-likeness (QED) is 0.753. The highest BCUT2D eigenvalue weighted by atomic mass is 127. The summed E-state index contributed by atoms with van der Waals surface area (Å²) in [4.78, 5) is 2.34. The van der Waals surface area contributed by atoms with E-state index in [0.29, 0.717) is 6.04 Å². The zero-order chi connectivity index (χ0) is 8.43. The van der Waals surface area contributed by atoms with Crippen LogP contribution in [0, 0.1) is 0 Å². The normalized spacial score (nSPS) is 33.5. The van der Waals surface area contributed by atoms with Crippen molar-refractivity contribution in [3.8, 4) is 0 Å². The van der Waals surface area contributed by atoms with Gasteiger partial charge in [0, 0.05) is 25.2 Å². The summed E-state index contributed by atoms with van der Waals surface area (Å²) in [6, 6.07) is 0.770. The van der Waals surface area contributed by atoms with E-state index in [1.165, 1.54) is 0 Å². The summed E-state index contributed by atoms with van der Waals surface area (Å²) in [5.74, 6) is 0. The number of hydrogen-bond donors (Lipinski definition) is 1. The maximum Gasteiger partial charge on any atom is 0.110 e. The molecule has 1 saturated heterocycles. The Hall–Kier alpha value is 0.610. The van der Waals surface area contributed by atoms with Crippen molar-refractivity contribution in [2.45, 2.75) is 32.0 Å². The number of likely N-dealkylation sites (tertiary alicyclic amines) is 1. The Morgan fingerprint density at radius 1 is 1.55 bits per heavy atom. The number of nitrogens with zero attached hydrogens (tertiary/aromatic N) is 1. The Morgan fingerprint density at radius 2 is 2.18 bits per heavy atom. The molecule has 11 heavy (non-hydrogen) atoms. The lowest BCUT2D eigenvalue weighted by molar-refractivity contribution is 0.229. The highest BCUT2D eigenvalue weighted by Crippen LogP contribution is 2.16. The molecule has 1 aliphatic heterocycles. The molecule has 0 saturated carbocycles. The first-order valence-corrected chi connectivity index (χ1v) is 4.80. The van der Waals surface area contributed by atoms with E-state index in [4.69, 9.17) is 8.80 Å². The fraction of sp³-hybridized carbons (Fsp3) is 1.00. The molecule has 0 bridgehead atoms. The van der Waals surface area contributed by atoms with Crippen LogP contribution in [0.3, 0.4) is 0 Å². The van der Waals surface area contributed by atoms with Gasteiger partial charge in [0.2, 0.25) is 0 Å². The topological polar surface area (TPSA) is 38.5 Å².